The zero-order valence-electron chi connectivity index (χ0n) is 13.6. The SMILES string of the molecule is C=C(C)C(=O)Oc1ccc(C=CC(=O)c2ccc(OC)cc2)cc1. The van der Waals surface area contributed by atoms with Gasteiger partial charge < -0.3 is 9.47 Å². The van der Waals surface area contributed by atoms with E-state index in [0.717, 1.165) is 5.56 Å². The topological polar surface area (TPSA) is 52.6 Å². The minimum Gasteiger partial charge on any atom is -0.497 e. The third-order valence-electron chi connectivity index (χ3n) is 3.24. The smallest absolute Gasteiger partial charge is 0.338 e. The predicted molar refractivity (Wildman–Crippen MR) is 93.2 cm³/mol. The van der Waals surface area contributed by atoms with Gasteiger partial charge in [0.05, 0.1) is 7.11 Å². The summed E-state index contributed by atoms with van der Waals surface area (Å²) in [5.74, 6) is 0.570. The highest BCUT2D eigenvalue weighted by Gasteiger charge is 2.05. The lowest BCUT2D eigenvalue weighted by molar-refractivity contribution is -0.130. The van der Waals surface area contributed by atoms with Crippen LogP contribution in [-0.4, -0.2) is 18.9 Å². The molecule has 0 aliphatic heterocycles. The molecule has 0 bridgehead atoms. The van der Waals surface area contributed by atoms with Crippen LogP contribution in [0, 0.1) is 0 Å². The van der Waals surface area contributed by atoms with Crippen LogP contribution in [0.3, 0.4) is 0 Å². The minimum absolute atomic E-state index is 0.101. The second-order valence-corrected chi connectivity index (χ2v) is 5.16. The summed E-state index contributed by atoms with van der Waals surface area (Å²) in [6.07, 6.45) is 3.20. The van der Waals surface area contributed by atoms with E-state index in [9.17, 15) is 9.59 Å². The molecule has 0 saturated carbocycles. The van der Waals surface area contributed by atoms with Crippen LogP contribution in [0.1, 0.15) is 22.8 Å². The van der Waals surface area contributed by atoms with E-state index in [0.29, 0.717) is 22.6 Å². The molecule has 0 atom stereocenters. The largest absolute Gasteiger partial charge is 0.497 e. The fourth-order valence-corrected chi connectivity index (χ4v) is 1.86. The van der Waals surface area contributed by atoms with Crippen LogP contribution in [0.4, 0.5) is 0 Å². The summed E-state index contributed by atoms with van der Waals surface area (Å²) in [6.45, 7) is 5.11. The monoisotopic (exact) mass is 322 g/mol. The Bertz CT molecular complexity index is 768. The maximum Gasteiger partial charge on any atom is 0.338 e. The van der Waals surface area contributed by atoms with Crippen molar-refractivity contribution in [1.29, 1.82) is 0 Å². The molecule has 2 aromatic carbocycles. The van der Waals surface area contributed by atoms with Gasteiger partial charge in [-0.05, 0) is 55.0 Å². The standard InChI is InChI=1S/C20H18O4/c1-14(2)20(22)24-18-9-4-15(5-10-18)6-13-19(21)16-7-11-17(23-3)12-8-16/h4-13H,1H2,2-3H3. The van der Waals surface area contributed by atoms with E-state index in [-0.39, 0.29) is 5.78 Å². The lowest BCUT2D eigenvalue weighted by Gasteiger charge is -2.03. The molecule has 4 heteroatoms. The Morgan fingerprint density at radius 3 is 2.08 bits per heavy atom. The van der Waals surface area contributed by atoms with Crippen LogP contribution in [0.2, 0.25) is 0 Å². The summed E-state index contributed by atoms with van der Waals surface area (Å²) >= 11 is 0. The summed E-state index contributed by atoms with van der Waals surface area (Å²) in [6, 6.07) is 13.8. The Morgan fingerprint density at radius 1 is 0.958 bits per heavy atom. The first-order valence-corrected chi connectivity index (χ1v) is 7.34. The Morgan fingerprint density at radius 2 is 1.54 bits per heavy atom. The molecule has 4 nitrogen and oxygen atoms in total. The van der Waals surface area contributed by atoms with Crippen LogP contribution in [0.5, 0.6) is 11.5 Å². The molecule has 2 aromatic rings. The fraction of sp³-hybridized carbons (Fsp3) is 0.100. The number of carbonyl (C=O) groups is 2. The van der Waals surface area contributed by atoms with Gasteiger partial charge in [-0.25, -0.2) is 4.79 Å². The highest BCUT2D eigenvalue weighted by molar-refractivity contribution is 6.06. The first-order chi connectivity index (χ1) is 11.5. The van der Waals surface area contributed by atoms with Crippen molar-refractivity contribution in [3.8, 4) is 11.5 Å². The summed E-state index contributed by atoms with van der Waals surface area (Å²) in [5, 5.41) is 0. The van der Waals surface area contributed by atoms with Crippen molar-refractivity contribution in [2.45, 2.75) is 6.92 Å². The molecule has 0 N–H and O–H groups in total. The van der Waals surface area contributed by atoms with Crippen LogP contribution >= 0.6 is 0 Å². The second-order valence-electron chi connectivity index (χ2n) is 5.16. The van der Waals surface area contributed by atoms with Crippen LogP contribution in [0.25, 0.3) is 6.08 Å². The molecule has 0 aliphatic rings. The molecule has 0 fully saturated rings. The number of methoxy groups -OCH3 is 1. The third kappa shape index (κ3) is 4.68. The van der Waals surface area contributed by atoms with E-state index < -0.39 is 5.97 Å². The molecule has 0 heterocycles. The average Bonchev–Trinajstić information content (AvgIpc) is 2.60. The zero-order valence-corrected chi connectivity index (χ0v) is 13.6. The molecule has 2 rings (SSSR count). The lowest BCUT2D eigenvalue weighted by atomic mass is 10.1. The first-order valence-electron chi connectivity index (χ1n) is 7.34. The number of hydrogen-bond acceptors (Lipinski definition) is 4. The number of ketones is 1. The van der Waals surface area contributed by atoms with Crippen LogP contribution < -0.4 is 9.47 Å². The Labute approximate surface area is 141 Å². The average molecular weight is 322 g/mol. The van der Waals surface area contributed by atoms with Crippen molar-refractivity contribution < 1.29 is 19.1 Å². The van der Waals surface area contributed by atoms with E-state index in [4.69, 9.17) is 9.47 Å². The molecule has 0 unspecified atom stereocenters. The van der Waals surface area contributed by atoms with Gasteiger partial charge in [0.15, 0.2) is 5.78 Å². The van der Waals surface area contributed by atoms with Crippen molar-refractivity contribution >= 4 is 17.8 Å². The van der Waals surface area contributed by atoms with Crippen molar-refractivity contribution in [1.82, 2.24) is 0 Å². The van der Waals surface area contributed by atoms with Gasteiger partial charge in [0.2, 0.25) is 0 Å². The molecule has 0 radical (unpaired) electrons. The lowest BCUT2D eigenvalue weighted by Crippen LogP contribution is -2.07. The molecule has 0 aromatic heterocycles. The second kappa shape index (κ2) is 7.92. The van der Waals surface area contributed by atoms with E-state index in [1.54, 1.807) is 68.6 Å². The van der Waals surface area contributed by atoms with Gasteiger partial charge in [0.25, 0.3) is 0 Å². The summed E-state index contributed by atoms with van der Waals surface area (Å²) in [7, 11) is 1.58. The number of hydrogen-bond donors (Lipinski definition) is 0. The Hall–Kier alpha value is -3.14. The molecular formula is C20H18O4. The maximum absolute atomic E-state index is 12.1. The normalized spacial score (nSPS) is 10.4. The predicted octanol–water partition coefficient (Wildman–Crippen LogP) is 4.07. The number of rotatable bonds is 6. The zero-order chi connectivity index (χ0) is 17.5. The first kappa shape index (κ1) is 17.2. The van der Waals surface area contributed by atoms with Gasteiger partial charge in [0, 0.05) is 11.1 Å². The van der Waals surface area contributed by atoms with Crippen LogP contribution in [-0.2, 0) is 4.79 Å². The molecule has 0 aliphatic carbocycles. The van der Waals surface area contributed by atoms with Crippen molar-refractivity contribution in [2.75, 3.05) is 7.11 Å². The van der Waals surface area contributed by atoms with E-state index in [1.807, 2.05) is 0 Å². The van der Waals surface area contributed by atoms with Crippen molar-refractivity contribution in [3.63, 3.8) is 0 Å². The van der Waals surface area contributed by atoms with E-state index in [1.165, 1.54) is 6.08 Å². The summed E-state index contributed by atoms with van der Waals surface area (Å²) < 4.78 is 10.2. The molecule has 0 spiro atoms. The van der Waals surface area contributed by atoms with Gasteiger partial charge in [0.1, 0.15) is 11.5 Å². The van der Waals surface area contributed by atoms with Gasteiger partial charge in [-0.1, -0.05) is 24.8 Å². The number of esters is 1. The Balaban J connectivity index is 2.01. The highest BCUT2D eigenvalue weighted by Crippen LogP contribution is 2.16. The van der Waals surface area contributed by atoms with Crippen LogP contribution in [0.15, 0.2) is 66.8 Å². The van der Waals surface area contributed by atoms with E-state index in [2.05, 4.69) is 6.58 Å². The number of allylic oxidation sites excluding steroid dienone is 1. The number of ether oxygens (including phenoxy) is 2. The van der Waals surface area contributed by atoms with Gasteiger partial charge in [-0.3, -0.25) is 4.79 Å². The fourth-order valence-electron chi connectivity index (χ4n) is 1.86. The third-order valence-corrected chi connectivity index (χ3v) is 3.24. The van der Waals surface area contributed by atoms with Crippen molar-refractivity contribution in [3.05, 3.63) is 77.9 Å². The summed E-state index contributed by atoms with van der Waals surface area (Å²) in [5.41, 5.74) is 1.75. The molecule has 122 valence electrons. The number of benzene rings is 2. The van der Waals surface area contributed by atoms with Gasteiger partial charge in [-0.2, -0.15) is 0 Å². The van der Waals surface area contributed by atoms with E-state index >= 15 is 0 Å². The number of carbonyl (C=O) groups excluding carboxylic acids is 2. The van der Waals surface area contributed by atoms with Crippen molar-refractivity contribution in [2.24, 2.45) is 0 Å². The van der Waals surface area contributed by atoms with Gasteiger partial charge >= 0.3 is 5.97 Å². The Kier molecular flexibility index (Phi) is 5.68. The quantitative estimate of drug-likeness (QED) is 0.348. The minimum atomic E-state index is -0.465. The maximum atomic E-state index is 12.1. The molecule has 24 heavy (non-hydrogen) atoms. The summed E-state index contributed by atoms with van der Waals surface area (Å²) in [4.78, 5) is 23.5. The molecule has 0 saturated heterocycles. The highest BCUT2D eigenvalue weighted by atomic mass is 16.5. The van der Waals surface area contributed by atoms with Gasteiger partial charge in [-0.15, -0.1) is 0 Å². The molecule has 0 amide bonds. The molecular weight excluding hydrogens is 304 g/mol.